The smallest absolute Gasteiger partial charge is 0.410 e. The van der Waals surface area contributed by atoms with E-state index in [-0.39, 0.29) is 6.09 Å². The molecule has 1 aromatic carbocycles. The Hall–Kier alpha value is -1.56. The number of aryl methyl sites for hydroxylation is 1. The molecule has 1 aliphatic rings. The predicted molar refractivity (Wildman–Crippen MR) is 103 cm³/mol. The summed E-state index contributed by atoms with van der Waals surface area (Å²) >= 11 is 0. The summed E-state index contributed by atoms with van der Waals surface area (Å²) in [6.07, 6.45) is 6.20. The first-order valence-corrected chi connectivity index (χ1v) is 11.2. The molecule has 1 saturated heterocycles. The Bertz CT molecular complexity index is 704. The maximum Gasteiger partial charge on any atom is 0.410 e. The summed E-state index contributed by atoms with van der Waals surface area (Å²) in [7, 11) is -3.13. The molecule has 0 aromatic heterocycles. The zero-order chi connectivity index (χ0) is 19.4. The lowest BCUT2D eigenvalue weighted by atomic mass is 9.92. The number of carbonyl (C=O) groups excluding carboxylic acids is 1. The van der Waals surface area contributed by atoms with Crippen LogP contribution in [0.1, 0.15) is 52.0 Å². The number of hydrogen-bond donors (Lipinski definition) is 0. The third-order valence-corrected chi connectivity index (χ3v) is 5.73. The summed E-state index contributed by atoms with van der Waals surface area (Å²) in [6, 6.07) is 7.14. The van der Waals surface area contributed by atoms with Crippen LogP contribution in [0.3, 0.4) is 0 Å². The minimum Gasteiger partial charge on any atom is -0.444 e. The van der Waals surface area contributed by atoms with Crippen LogP contribution in [0.25, 0.3) is 0 Å². The fourth-order valence-corrected chi connectivity index (χ4v) is 3.92. The van der Waals surface area contributed by atoms with Gasteiger partial charge in [-0.2, -0.15) is 0 Å². The number of ether oxygens (including phenoxy) is 1. The number of rotatable bonds is 5. The van der Waals surface area contributed by atoms with E-state index in [0.29, 0.717) is 10.8 Å². The van der Waals surface area contributed by atoms with E-state index in [1.165, 1.54) is 6.26 Å². The molecule has 0 saturated carbocycles. The highest BCUT2D eigenvalue weighted by molar-refractivity contribution is 7.90. The molecule has 5 nitrogen and oxygen atoms in total. The van der Waals surface area contributed by atoms with Crippen LogP contribution in [-0.4, -0.2) is 44.4 Å². The van der Waals surface area contributed by atoms with E-state index in [0.717, 1.165) is 50.8 Å². The van der Waals surface area contributed by atoms with Gasteiger partial charge in [0.2, 0.25) is 0 Å². The Morgan fingerprint density at radius 2 is 1.88 bits per heavy atom. The normalized spacial score (nSPS) is 18.6. The van der Waals surface area contributed by atoms with Crippen LogP contribution in [0, 0.1) is 5.92 Å². The molecule has 6 heteroatoms. The number of sulfone groups is 1. The summed E-state index contributed by atoms with van der Waals surface area (Å²) in [4.78, 5) is 14.4. The number of piperidine rings is 1. The third-order valence-electron chi connectivity index (χ3n) is 4.60. The minimum atomic E-state index is -3.13. The Labute approximate surface area is 157 Å². The molecular formula is C20H31NO4S. The highest BCUT2D eigenvalue weighted by atomic mass is 32.2. The fraction of sp³-hybridized carbons (Fsp3) is 0.650. The lowest BCUT2D eigenvalue weighted by Gasteiger charge is -2.34. The molecule has 146 valence electrons. The number of nitrogens with zero attached hydrogens (tertiary/aromatic N) is 1. The Morgan fingerprint density at radius 1 is 1.23 bits per heavy atom. The third kappa shape index (κ3) is 6.63. The Balaban J connectivity index is 1.79. The molecule has 0 N–H and O–H groups in total. The first-order valence-electron chi connectivity index (χ1n) is 9.31. The van der Waals surface area contributed by atoms with E-state index >= 15 is 0 Å². The van der Waals surface area contributed by atoms with Gasteiger partial charge in [-0.1, -0.05) is 12.1 Å². The van der Waals surface area contributed by atoms with Gasteiger partial charge in [-0.25, -0.2) is 13.2 Å². The first kappa shape index (κ1) is 20.7. The van der Waals surface area contributed by atoms with Gasteiger partial charge in [-0.3, -0.25) is 0 Å². The molecule has 0 bridgehead atoms. The van der Waals surface area contributed by atoms with Crippen molar-refractivity contribution in [1.82, 2.24) is 4.90 Å². The molecule has 26 heavy (non-hydrogen) atoms. The van der Waals surface area contributed by atoms with Crippen LogP contribution in [0.4, 0.5) is 4.79 Å². The van der Waals surface area contributed by atoms with Gasteiger partial charge in [0.25, 0.3) is 0 Å². The van der Waals surface area contributed by atoms with Gasteiger partial charge in [0.1, 0.15) is 5.60 Å². The predicted octanol–water partition coefficient (Wildman–Crippen LogP) is 4.06. The van der Waals surface area contributed by atoms with E-state index in [9.17, 15) is 13.2 Å². The summed E-state index contributed by atoms with van der Waals surface area (Å²) in [6.45, 7) is 7.21. The average Bonchev–Trinajstić information content (AvgIpc) is 2.53. The quantitative estimate of drug-likeness (QED) is 0.771. The van der Waals surface area contributed by atoms with Crippen molar-refractivity contribution in [1.29, 1.82) is 0 Å². The lowest BCUT2D eigenvalue weighted by molar-refractivity contribution is 0.0161. The van der Waals surface area contributed by atoms with Crippen molar-refractivity contribution in [3.8, 4) is 0 Å². The van der Waals surface area contributed by atoms with Crippen LogP contribution in [0.5, 0.6) is 0 Å². The van der Waals surface area contributed by atoms with Gasteiger partial charge in [0, 0.05) is 19.3 Å². The minimum absolute atomic E-state index is 0.210. The van der Waals surface area contributed by atoms with Crippen LogP contribution in [-0.2, 0) is 21.0 Å². The maximum absolute atomic E-state index is 12.2. The van der Waals surface area contributed by atoms with Crippen molar-refractivity contribution in [3.63, 3.8) is 0 Å². The van der Waals surface area contributed by atoms with Gasteiger partial charge in [0.15, 0.2) is 9.84 Å². The summed E-state index contributed by atoms with van der Waals surface area (Å²) in [5, 5.41) is 0. The maximum atomic E-state index is 12.2. The zero-order valence-corrected chi connectivity index (χ0v) is 17.1. The SMILES string of the molecule is CC(C)(C)OC(=O)N1CCCC(CCCc2ccc(S(C)(=O)=O)cc2)C1. The largest absolute Gasteiger partial charge is 0.444 e. The van der Waals surface area contributed by atoms with E-state index in [1.807, 2.05) is 37.8 Å². The topological polar surface area (TPSA) is 63.7 Å². The van der Waals surface area contributed by atoms with Crippen molar-refractivity contribution in [2.75, 3.05) is 19.3 Å². The van der Waals surface area contributed by atoms with Crippen molar-refractivity contribution in [3.05, 3.63) is 29.8 Å². The molecule has 1 fully saturated rings. The van der Waals surface area contributed by atoms with Gasteiger partial charge in [0.05, 0.1) is 4.90 Å². The number of likely N-dealkylation sites (tertiary alicyclic amines) is 1. The van der Waals surface area contributed by atoms with Crippen molar-refractivity contribution in [2.24, 2.45) is 5.92 Å². The number of amides is 1. The fourth-order valence-electron chi connectivity index (χ4n) is 3.29. The van der Waals surface area contributed by atoms with Crippen LogP contribution < -0.4 is 0 Å². The molecule has 0 spiro atoms. The van der Waals surface area contributed by atoms with Crippen molar-refractivity contribution < 1.29 is 17.9 Å². The molecule has 1 atom stereocenters. The van der Waals surface area contributed by atoms with E-state index in [4.69, 9.17) is 4.74 Å². The summed E-state index contributed by atoms with van der Waals surface area (Å²) in [5.74, 6) is 0.506. The molecule has 0 radical (unpaired) electrons. The lowest BCUT2D eigenvalue weighted by Crippen LogP contribution is -2.42. The molecule has 1 heterocycles. The standard InChI is InChI=1S/C20H31NO4S/c1-20(2,3)25-19(22)21-14-6-9-17(15-21)8-5-7-16-10-12-18(13-11-16)26(4,23)24/h10-13,17H,5-9,14-15H2,1-4H3. The highest BCUT2D eigenvalue weighted by Crippen LogP contribution is 2.24. The van der Waals surface area contributed by atoms with E-state index in [2.05, 4.69) is 0 Å². The van der Waals surface area contributed by atoms with Crippen LogP contribution in [0.2, 0.25) is 0 Å². The number of hydrogen-bond acceptors (Lipinski definition) is 4. The Kier molecular flexibility index (Phi) is 6.72. The Morgan fingerprint density at radius 3 is 2.46 bits per heavy atom. The number of benzene rings is 1. The van der Waals surface area contributed by atoms with Gasteiger partial charge < -0.3 is 9.64 Å². The molecule has 1 amide bonds. The van der Waals surface area contributed by atoms with Gasteiger partial charge in [-0.05, 0) is 76.5 Å². The molecule has 1 aromatic rings. The van der Waals surface area contributed by atoms with E-state index in [1.54, 1.807) is 12.1 Å². The summed E-state index contributed by atoms with van der Waals surface area (Å²) < 4.78 is 28.5. The van der Waals surface area contributed by atoms with Gasteiger partial charge >= 0.3 is 6.09 Å². The zero-order valence-electron chi connectivity index (χ0n) is 16.3. The molecular weight excluding hydrogens is 350 g/mol. The monoisotopic (exact) mass is 381 g/mol. The van der Waals surface area contributed by atoms with Gasteiger partial charge in [-0.15, -0.1) is 0 Å². The molecule has 1 aliphatic heterocycles. The molecule has 2 rings (SSSR count). The van der Waals surface area contributed by atoms with Crippen LogP contribution in [0.15, 0.2) is 29.2 Å². The highest BCUT2D eigenvalue weighted by Gasteiger charge is 2.27. The molecule has 0 aliphatic carbocycles. The second kappa shape index (κ2) is 8.42. The van der Waals surface area contributed by atoms with Crippen molar-refractivity contribution in [2.45, 2.75) is 63.4 Å². The summed E-state index contributed by atoms with van der Waals surface area (Å²) in [5.41, 5.74) is 0.694. The second-order valence-corrected chi connectivity index (χ2v) is 10.3. The average molecular weight is 382 g/mol. The van der Waals surface area contributed by atoms with Crippen LogP contribution >= 0.6 is 0 Å². The second-order valence-electron chi connectivity index (χ2n) is 8.24. The van der Waals surface area contributed by atoms with Crippen molar-refractivity contribution >= 4 is 15.9 Å². The number of carbonyl (C=O) groups is 1. The molecule has 1 unspecified atom stereocenters. The first-order chi connectivity index (χ1) is 12.0. The van der Waals surface area contributed by atoms with E-state index < -0.39 is 15.4 Å².